The lowest BCUT2D eigenvalue weighted by molar-refractivity contribution is 0.170. The summed E-state index contributed by atoms with van der Waals surface area (Å²) in [6.07, 6.45) is 7.07. The molecule has 1 aliphatic rings. The predicted molar refractivity (Wildman–Crippen MR) is 41.8 cm³/mol. The number of allylic oxidation sites excluding steroid dienone is 1. The maximum atomic E-state index is 5.79. The molecule has 0 aliphatic heterocycles. The number of halogens is 1. The van der Waals surface area contributed by atoms with Gasteiger partial charge in [0.1, 0.15) is 0 Å². The normalized spacial score (nSPS) is 22.8. The number of hydrogen-bond donors (Lipinski definition) is 0. The van der Waals surface area contributed by atoms with Crippen molar-refractivity contribution in [3.8, 4) is 0 Å². The summed E-state index contributed by atoms with van der Waals surface area (Å²) in [4.78, 5) is 0. The minimum Gasteiger partial charge on any atom is -0.126 e. The van der Waals surface area contributed by atoms with Crippen LogP contribution in [-0.4, -0.2) is 5.88 Å². The van der Waals surface area contributed by atoms with E-state index in [1.165, 1.54) is 19.3 Å². The molecule has 0 spiro atoms. The van der Waals surface area contributed by atoms with Crippen molar-refractivity contribution >= 4 is 11.6 Å². The Hall–Kier alpha value is 0.0300. The van der Waals surface area contributed by atoms with E-state index < -0.39 is 0 Å². The van der Waals surface area contributed by atoms with E-state index >= 15 is 0 Å². The van der Waals surface area contributed by atoms with Crippen molar-refractivity contribution in [3.05, 3.63) is 12.7 Å². The van der Waals surface area contributed by atoms with Gasteiger partial charge in [0.25, 0.3) is 0 Å². The lowest BCUT2D eigenvalue weighted by Gasteiger charge is -2.39. The van der Waals surface area contributed by atoms with E-state index in [-0.39, 0.29) is 0 Å². The zero-order valence-corrected chi connectivity index (χ0v) is 6.45. The molecule has 1 heteroatoms. The third kappa shape index (κ3) is 1.29. The fourth-order valence-electron chi connectivity index (χ4n) is 1.38. The summed E-state index contributed by atoms with van der Waals surface area (Å²) in [7, 11) is 0. The molecule has 0 aromatic carbocycles. The summed E-state index contributed by atoms with van der Waals surface area (Å²) < 4.78 is 0. The van der Waals surface area contributed by atoms with Crippen molar-refractivity contribution in [1.29, 1.82) is 0 Å². The van der Waals surface area contributed by atoms with Gasteiger partial charge in [-0.2, -0.15) is 0 Å². The van der Waals surface area contributed by atoms with Crippen LogP contribution >= 0.6 is 11.6 Å². The first-order valence-corrected chi connectivity index (χ1v) is 4.03. The van der Waals surface area contributed by atoms with E-state index in [1.807, 2.05) is 6.08 Å². The molecule has 0 aromatic heterocycles. The quantitative estimate of drug-likeness (QED) is 0.422. The maximum Gasteiger partial charge on any atom is 0.0282 e. The molecule has 0 bridgehead atoms. The molecule has 0 N–H and O–H groups in total. The van der Waals surface area contributed by atoms with Gasteiger partial charge in [-0.3, -0.25) is 0 Å². The summed E-state index contributed by atoms with van der Waals surface area (Å²) in [5.74, 6) is 0.818. The molecule has 0 radical (unpaired) electrons. The van der Waals surface area contributed by atoms with Gasteiger partial charge in [0.15, 0.2) is 0 Å². The Morgan fingerprint density at radius 2 is 2.22 bits per heavy atom. The molecular formula is C8H13Cl. The first-order valence-electron chi connectivity index (χ1n) is 3.50. The van der Waals surface area contributed by atoms with Crippen LogP contribution in [0.2, 0.25) is 0 Å². The number of alkyl halides is 1. The van der Waals surface area contributed by atoms with Gasteiger partial charge in [-0.15, -0.1) is 18.2 Å². The summed E-state index contributed by atoms with van der Waals surface area (Å²) in [5, 5.41) is 0. The van der Waals surface area contributed by atoms with Gasteiger partial charge in [-0.25, -0.2) is 0 Å². The Morgan fingerprint density at radius 3 is 2.33 bits per heavy atom. The molecule has 1 rings (SSSR count). The average Bonchev–Trinajstić information content (AvgIpc) is 1.79. The molecule has 0 aromatic rings. The highest BCUT2D eigenvalue weighted by atomic mass is 35.5. The molecule has 0 saturated heterocycles. The van der Waals surface area contributed by atoms with E-state index in [1.54, 1.807) is 0 Å². The third-order valence-corrected chi connectivity index (χ3v) is 2.84. The van der Waals surface area contributed by atoms with Crippen molar-refractivity contribution in [3.63, 3.8) is 0 Å². The van der Waals surface area contributed by atoms with Crippen LogP contribution in [0.5, 0.6) is 0 Å². The Bertz CT molecular complexity index is 97.6. The Kier molecular flexibility index (Phi) is 2.18. The molecule has 0 unspecified atom stereocenters. The van der Waals surface area contributed by atoms with Crippen LogP contribution in [0.15, 0.2) is 12.7 Å². The maximum absolute atomic E-state index is 5.79. The molecule has 1 aliphatic carbocycles. The van der Waals surface area contributed by atoms with Crippen LogP contribution in [0.3, 0.4) is 0 Å². The van der Waals surface area contributed by atoms with Crippen molar-refractivity contribution in [2.75, 3.05) is 5.88 Å². The molecule has 9 heavy (non-hydrogen) atoms. The fraction of sp³-hybridized carbons (Fsp3) is 0.750. The lowest BCUT2D eigenvalue weighted by atomic mass is 9.68. The predicted octanol–water partition coefficient (Wildman–Crippen LogP) is 2.97. The van der Waals surface area contributed by atoms with Crippen LogP contribution in [0.25, 0.3) is 0 Å². The highest BCUT2D eigenvalue weighted by Gasteiger charge is 2.34. The second kappa shape index (κ2) is 2.74. The molecular weight excluding hydrogens is 132 g/mol. The van der Waals surface area contributed by atoms with Crippen LogP contribution < -0.4 is 0 Å². The Morgan fingerprint density at radius 1 is 1.56 bits per heavy atom. The smallest absolute Gasteiger partial charge is 0.0282 e. The first kappa shape index (κ1) is 7.14. The highest BCUT2D eigenvalue weighted by Crippen LogP contribution is 2.44. The lowest BCUT2D eigenvalue weighted by Crippen LogP contribution is -2.30. The SMILES string of the molecule is C=CCC1(CCl)CCC1. The summed E-state index contributed by atoms with van der Waals surface area (Å²) in [6, 6.07) is 0. The summed E-state index contributed by atoms with van der Waals surface area (Å²) in [6.45, 7) is 3.72. The zero-order chi connectivity index (χ0) is 6.74. The van der Waals surface area contributed by atoms with Crippen LogP contribution in [-0.2, 0) is 0 Å². The van der Waals surface area contributed by atoms with Crippen molar-refractivity contribution < 1.29 is 0 Å². The van der Waals surface area contributed by atoms with Crippen LogP contribution in [0.4, 0.5) is 0 Å². The molecule has 1 fully saturated rings. The standard InChI is InChI=1S/C8H13Cl/c1-2-4-8(7-9)5-3-6-8/h2H,1,3-7H2. The first-order chi connectivity index (χ1) is 4.33. The van der Waals surface area contributed by atoms with E-state index in [0.29, 0.717) is 5.41 Å². The van der Waals surface area contributed by atoms with Gasteiger partial charge in [0, 0.05) is 5.88 Å². The number of hydrogen-bond acceptors (Lipinski definition) is 0. The number of rotatable bonds is 3. The van der Waals surface area contributed by atoms with Gasteiger partial charge in [0.2, 0.25) is 0 Å². The highest BCUT2D eigenvalue weighted by molar-refractivity contribution is 6.18. The minimum atomic E-state index is 0.462. The van der Waals surface area contributed by atoms with Crippen molar-refractivity contribution in [1.82, 2.24) is 0 Å². The van der Waals surface area contributed by atoms with Crippen LogP contribution in [0.1, 0.15) is 25.7 Å². The Labute approximate surface area is 61.9 Å². The van der Waals surface area contributed by atoms with Crippen LogP contribution in [0, 0.1) is 5.41 Å². The molecule has 0 nitrogen and oxygen atoms in total. The second-order valence-corrected chi connectivity index (χ2v) is 3.25. The van der Waals surface area contributed by atoms with Gasteiger partial charge >= 0.3 is 0 Å². The molecule has 0 amide bonds. The van der Waals surface area contributed by atoms with Gasteiger partial charge in [-0.1, -0.05) is 12.5 Å². The fourth-order valence-corrected chi connectivity index (χ4v) is 1.75. The molecule has 0 atom stereocenters. The van der Waals surface area contributed by atoms with Gasteiger partial charge in [-0.05, 0) is 24.7 Å². The van der Waals surface area contributed by atoms with Crippen molar-refractivity contribution in [2.45, 2.75) is 25.7 Å². The third-order valence-electron chi connectivity index (χ3n) is 2.28. The Balaban J connectivity index is 2.36. The molecule has 1 saturated carbocycles. The molecule has 0 heterocycles. The van der Waals surface area contributed by atoms with Crippen molar-refractivity contribution in [2.24, 2.45) is 5.41 Å². The zero-order valence-electron chi connectivity index (χ0n) is 5.70. The minimum absolute atomic E-state index is 0.462. The monoisotopic (exact) mass is 144 g/mol. The van der Waals surface area contributed by atoms with E-state index in [2.05, 4.69) is 6.58 Å². The largest absolute Gasteiger partial charge is 0.126 e. The van der Waals surface area contributed by atoms with E-state index in [9.17, 15) is 0 Å². The van der Waals surface area contributed by atoms with E-state index in [4.69, 9.17) is 11.6 Å². The summed E-state index contributed by atoms with van der Waals surface area (Å²) >= 11 is 5.79. The van der Waals surface area contributed by atoms with Gasteiger partial charge in [0.05, 0.1) is 0 Å². The van der Waals surface area contributed by atoms with E-state index in [0.717, 1.165) is 12.3 Å². The molecule has 52 valence electrons. The second-order valence-electron chi connectivity index (χ2n) is 2.98. The summed E-state index contributed by atoms with van der Waals surface area (Å²) in [5.41, 5.74) is 0.462. The topological polar surface area (TPSA) is 0 Å². The average molecular weight is 145 g/mol. The van der Waals surface area contributed by atoms with Gasteiger partial charge < -0.3 is 0 Å².